The summed E-state index contributed by atoms with van der Waals surface area (Å²) in [5.74, 6) is -1.31. The van der Waals surface area contributed by atoms with Crippen molar-refractivity contribution >= 4 is 39.5 Å². The predicted octanol–water partition coefficient (Wildman–Crippen LogP) is 22.9. The van der Waals surface area contributed by atoms with Crippen LogP contribution in [-0.4, -0.2) is 96.7 Å². The highest BCUT2D eigenvalue weighted by atomic mass is 31.2. The summed E-state index contributed by atoms with van der Waals surface area (Å²) in [4.78, 5) is 72.6. The molecule has 0 fully saturated rings. The molecule has 0 aromatic heterocycles. The molecular formula is C77H150O17P2. The minimum Gasteiger partial charge on any atom is -0.462 e. The number of phosphoric ester groups is 2. The maximum Gasteiger partial charge on any atom is 0.472 e. The quantitative estimate of drug-likeness (QED) is 0.0222. The van der Waals surface area contributed by atoms with Crippen LogP contribution in [0.3, 0.4) is 0 Å². The molecule has 0 aliphatic carbocycles. The zero-order chi connectivity index (χ0) is 70.5. The summed E-state index contributed by atoms with van der Waals surface area (Å²) in [6.07, 6.45) is 60.1. The van der Waals surface area contributed by atoms with Crippen molar-refractivity contribution in [1.82, 2.24) is 0 Å². The van der Waals surface area contributed by atoms with Crippen molar-refractivity contribution in [1.29, 1.82) is 0 Å². The third-order valence-corrected chi connectivity index (χ3v) is 19.9. The van der Waals surface area contributed by atoms with Crippen LogP contribution in [-0.2, 0) is 65.4 Å². The summed E-state index contributed by atoms with van der Waals surface area (Å²) in [5.41, 5.74) is 0. The van der Waals surface area contributed by atoms with Crippen LogP contribution >= 0.6 is 15.6 Å². The summed E-state index contributed by atoms with van der Waals surface area (Å²) >= 11 is 0. The Bertz CT molecular complexity index is 1840. The molecule has 0 spiro atoms. The van der Waals surface area contributed by atoms with E-state index in [4.69, 9.17) is 37.0 Å². The Balaban J connectivity index is 5.13. The van der Waals surface area contributed by atoms with Gasteiger partial charge >= 0.3 is 39.5 Å². The molecule has 0 amide bonds. The summed E-state index contributed by atoms with van der Waals surface area (Å²) in [5, 5.41) is 10.6. The molecule has 3 N–H and O–H groups in total. The Kier molecular flexibility index (Phi) is 68.7. The van der Waals surface area contributed by atoms with E-state index in [0.29, 0.717) is 25.7 Å². The van der Waals surface area contributed by atoms with Crippen LogP contribution in [0.2, 0.25) is 0 Å². The lowest BCUT2D eigenvalue weighted by Gasteiger charge is -2.21. The molecule has 19 heteroatoms. The normalized spacial score (nSPS) is 13.9. The minimum absolute atomic E-state index is 0.107. The van der Waals surface area contributed by atoms with E-state index in [1.165, 1.54) is 225 Å². The van der Waals surface area contributed by atoms with Gasteiger partial charge in [0.05, 0.1) is 26.4 Å². The second kappa shape index (κ2) is 70.1. The highest BCUT2D eigenvalue weighted by Crippen LogP contribution is 2.45. The van der Waals surface area contributed by atoms with E-state index in [-0.39, 0.29) is 25.7 Å². The molecule has 570 valence electrons. The van der Waals surface area contributed by atoms with E-state index in [2.05, 4.69) is 34.6 Å². The largest absolute Gasteiger partial charge is 0.472 e. The number of carbonyl (C=O) groups excluding carboxylic acids is 4. The predicted molar refractivity (Wildman–Crippen MR) is 391 cm³/mol. The number of hydrogen-bond donors (Lipinski definition) is 3. The fourth-order valence-electron chi connectivity index (χ4n) is 11.9. The van der Waals surface area contributed by atoms with Crippen LogP contribution in [0.4, 0.5) is 0 Å². The van der Waals surface area contributed by atoms with Gasteiger partial charge in [-0.3, -0.25) is 37.3 Å². The molecule has 0 saturated heterocycles. The SMILES string of the molecule is CCCCCCCCCCCCCCCCCCCCC(=O)OC[C@H](COP(=O)(O)OC[C@@H](O)COP(=O)(O)OC[C@@H](COC(=O)CCCCCCC)OC(=O)CCCCCCCCCCCCCCCC)OC(=O)CCCCCCCCCCCCCCCCCCC(C)C. The maximum absolute atomic E-state index is 13.1. The second-order valence-corrected chi connectivity index (χ2v) is 31.1. The van der Waals surface area contributed by atoms with Crippen molar-refractivity contribution in [2.75, 3.05) is 39.6 Å². The van der Waals surface area contributed by atoms with Crippen LogP contribution < -0.4 is 0 Å². The molecule has 0 aliphatic rings. The van der Waals surface area contributed by atoms with Crippen molar-refractivity contribution in [2.45, 2.75) is 425 Å². The third kappa shape index (κ3) is 70.5. The van der Waals surface area contributed by atoms with Gasteiger partial charge in [-0.15, -0.1) is 0 Å². The molecule has 0 bridgehead atoms. The maximum atomic E-state index is 13.1. The van der Waals surface area contributed by atoms with Gasteiger partial charge < -0.3 is 33.8 Å². The number of aliphatic hydroxyl groups is 1. The molecule has 5 atom stereocenters. The lowest BCUT2D eigenvalue weighted by molar-refractivity contribution is -0.161. The number of carbonyl (C=O) groups is 4. The Labute approximate surface area is 588 Å². The highest BCUT2D eigenvalue weighted by Gasteiger charge is 2.30. The zero-order valence-electron chi connectivity index (χ0n) is 62.5. The highest BCUT2D eigenvalue weighted by molar-refractivity contribution is 7.47. The second-order valence-electron chi connectivity index (χ2n) is 28.2. The van der Waals surface area contributed by atoms with E-state index in [0.717, 1.165) is 102 Å². The topological polar surface area (TPSA) is 237 Å². The Morgan fingerprint density at radius 2 is 0.479 bits per heavy atom. The zero-order valence-corrected chi connectivity index (χ0v) is 64.3. The van der Waals surface area contributed by atoms with Gasteiger partial charge in [0.15, 0.2) is 12.2 Å². The molecule has 0 rings (SSSR count). The molecule has 0 aromatic carbocycles. The monoisotopic (exact) mass is 1410 g/mol. The number of ether oxygens (including phenoxy) is 4. The summed E-state index contributed by atoms with van der Waals surface area (Å²) < 4.78 is 68.3. The molecule has 17 nitrogen and oxygen atoms in total. The smallest absolute Gasteiger partial charge is 0.462 e. The standard InChI is InChI=1S/C77H150O17P2/c1-6-9-12-15-17-19-21-23-25-26-27-31-35-38-42-46-51-56-61-75(80)88-67-73(94-77(82)63-58-53-48-44-40-36-32-29-28-30-33-37-41-45-50-54-59-70(4)5)69-92-96(85,86)90-65-71(78)64-89-95(83,84)91-68-72(66-87-74(79)60-55-49-14-11-8-3)93-76(81)62-57-52-47-43-39-34-24-22-20-18-16-13-10-7-2/h70-73,78H,6-69H2,1-5H3,(H,83,84)(H,85,86)/t71-,72+,73+/m0/s1. The number of aliphatic hydroxyl groups excluding tert-OH is 1. The first-order valence-corrected chi connectivity index (χ1v) is 43.1. The van der Waals surface area contributed by atoms with Gasteiger partial charge in [0.1, 0.15) is 19.3 Å². The average Bonchev–Trinajstić information content (AvgIpc) is 1.43. The number of phosphoric acid groups is 2. The summed E-state index contributed by atoms with van der Waals surface area (Å²) in [6, 6.07) is 0. The first-order chi connectivity index (χ1) is 46.5. The average molecular weight is 1410 g/mol. The van der Waals surface area contributed by atoms with E-state index in [1.807, 2.05) is 0 Å². The van der Waals surface area contributed by atoms with Crippen LogP contribution in [0.25, 0.3) is 0 Å². The number of hydrogen-bond acceptors (Lipinski definition) is 15. The van der Waals surface area contributed by atoms with E-state index < -0.39 is 97.5 Å². The van der Waals surface area contributed by atoms with Gasteiger partial charge in [-0.1, -0.05) is 356 Å². The van der Waals surface area contributed by atoms with Crippen LogP contribution in [0.5, 0.6) is 0 Å². The molecule has 96 heavy (non-hydrogen) atoms. The third-order valence-electron chi connectivity index (χ3n) is 18.0. The van der Waals surface area contributed by atoms with Crippen LogP contribution in [0.1, 0.15) is 407 Å². The number of rotatable bonds is 77. The van der Waals surface area contributed by atoms with Gasteiger partial charge in [-0.2, -0.15) is 0 Å². The van der Waals surface area contributed by atoms with Crippen molar-refractivity contribution < 1.29 is 80.2 Å². The minimum atomic E-state index is -4.96. The van der Waals surface area contributed by atoms with Gasteiger partial charge in [0, 0.05) is 25.7 Å². The van der Waals surface area contributed by atoms with Crippen LogP contribution in [0.15, 0.2) is 0 Å². The van der Waals surface area contributed by atoms with E-state index in [1.54, 1.807) is 0 Å². The molecule has 0 aliphatic heterocycles. The van der Waals surface area contributed by atoms with E-state index >= 15 is 0 Å². The lowest BCUT2D eigenvalue weighted by Crippen LogP contribution is -2.30. The molecule has 0 radical (unpaired) electrons. The van der Waals surface area contributed by atoms with Crippen molar-refractivity contribution in [3.63, 3.8) is 0 Å². The Hall–Kier alpha value is -1.94. The lowest BCUT2D eigenvalue weighted by atomic mass is 10.0. The van der Waals surface area contributed by atoms with Gasteiger partial charge in [0.25, 0.3) is 0 Å². The van der Waals surface area contributed by atoms with Crippen molar-refractivity contribution in [3.8, 4) is 0 Å². The number of unbranched alkanes of at least 4 members (excludes halogenated alkanes) is 49. The molecular weight excluding hydrogens is 1260 g/mol. The molecule has 0 heterocycles. The Morgan fingerprint density at radius 1 is 0.281 bits per heavy atom. The van der Waals surface area contributed by atoms with Gasteiger partial charge in [-0.05, 0) is 31.6 Å². The first kappa shape index (κ1) is 94.1. The fourth-order valence-corrected chi connectivity index (χ4v) is 13.5. The Morgan fingerprint density at radius 3 is 0.708 bits per heavy atom. The summed E-state index contributed by atoms with van der Waals surface area (Å²) in [7, 11) is -9.90. The molecule has 0 saturated carbocycles. The van der Waals surface area contributed by atoms with Crippen molar-refractivity contribution in [2.24, 2.45) is 5.92 Å². The number of esters is 4. The van der Waals surface area contributed by atoms with Gasteiger partial charge in [-0.25, -0.2) is 9.13 Å². The van der Waals surface area contributed by atoms with Crippen molar-refractivity contribution in [3.05, 3.63) is 0 Å². The fraction of sp³-hybridized carbons (Fsp3) is 0.948. The van der Waals surface area contributed by atoms with E-state index in [9.17, 15) is 43.2 Å². The van der Waals surface area contributed by atoms with Gasteiger partial charge in [0.2, 0.25) is 0 Å². The molecule has 0 aromatic rings. The first-order valence-electron chi connectivity index (χ1n) is 40.1. The molecule has 2 unspecified atom stereocenters. The summed E-state index contributed by atoms with van der Waals surface area (Å²) in [6.45, 7) is 7.25. The van der Waals surface area contributed by atoms with Crippen LogP contribution in [0, 0.1) is 5.92 Å².